The monoisotopic (exact) mass is 238 g/mol. The van der Waals surface area contributed by atoms with Gasteiger partial charge in [0.25, 0.3) is 0 Å². The van der Waals surface area contributed by atoms with Crippen molar-refractivity contribution in [2.45, 2.75) is 65.0 Å². The maximum atomic E-state index is 3.76. The van der Waals surface area contributed by atoms with E-state index in [-0.39, 0.29) is 0 Å². The fourth-order valence-corrected chi connectivity index (χ4v) is 3.00. The maximum absolute atomic E-state index is 3.76. The third-order valence-electron chi connectivity index (χ3n) is 4.49. The minimum absolute atomic E-state index is 0.753. The average Bonchev–Trinajstić information content (AvgIpc) is 3.12. The van der Waals surface area contributed by atoms with Crippen molar-refractivity contribution in [1.29, 1.82) is 0 Å². The highest BCUT2D eigenvalue weighted by atomic mass is 15.2. The predicted octanol–water partition coefficient (Wildman–Crippen LogP) is 2.89. The molecule has 0 spiro atoms. The van der Waals surface area contributed by atoms with Gasteiger partial charge in [-0.05, 0) is 64.0 Å². The van der Waals surface area contributed by atoms with E-state index in [0.717, 1.165) is 23.9 Å². The van der Waals surface area contributed by atoms with Crippen LogP contribution in [0.5, 0.6) is 0 Å². The van der Waals surface area contributed by atoms with Crippen LogP contribution in [0.15, 0.2) is 0 Å². The molecule has 1 aliphatic heterocycles. The van der Waals surface area contributed by atoms with Crippen molar-refractivity contribution in [1.82, 2.24) is 10.2 Å². The molecule has 2 aliphatic rings. The zero-order valence-electron chi connectivity index (χ0n) is 11.9. The van der Waals surface area contributed by atoms with E-state index in [4.69, 9.17) is 0 Å². The first-order valence-corrected chi connectivity index (χ1v) is 7.64. The van der Waals surface area contributed by atoms with E-state index in [2.05, 4.69) is 31.0 Å². The minimum Gasteiger partial charge on any atom is -0.313 e. The van der Waals surface area contributed by atoms with Crippen molar-refractivity contribution >= 4 is 0 Å². The van der Waals surface area contributed by atoms with E-state index in [1.54, 1.807) is 0 Å². The Balaban J connectivity index is 1.68. The van der Waals surface area contributed by atoms with E-state index < -0.39 is 0 Å². The van der Waals surface area contributed by atoms with Gasteiger partial charge < -0.3 is 5.32 Å². The summed E-state index contributed by atoms with van der Waals surface area (Å²) in [5, 5.41) is 3.76. The molecule has 1 N–H and O–H groups in total. The summed E-state index contributed by atoms with van der Waals surface area (Å²) in [6, 6.07) is 1.59. The Kier molecular flexibility index (Phi) is 4.87. The number of likely N-dealkylation sites (tertiary alicyclic amines) is 1. The van der Waals surface area contributed by atoms with Crippen LogP contribution in [0.3, 0.4) is 0 Å². The number of rotatable bonds is 6. The Morgan fingerprint density at radius 2 is 1.94 bits per heavy atom. The van der Waals surface area contributed by atoms with Gasteiger partial charge in [0.2, 0.25) is 0 Å². The Morgan fingerprint density at radius 3 is 2.59 bits per heavy atom. The van der Waals surface area contributed by atoms with Crippen LogP contribution < -0.4 is 5.32 Å². The Bertz CT molecular complexity index is 223. The summed E-state index contributed by atoms with van der Waals surface area (Å²) in [5.74, 6) is 1.84. The van der Waals surface area contributed by atoms with Crippen LogP contribution >= 0.6 is 0 Å². The SMILES string of the molecule is CC(C)CCNC1CCCN(C(C)C2CC2)C1. The summed E-state index contributed by atoms with van der Waals surface area (Å²) in [5.41, 5.74) is 0. The van der Waals surface area contributed by atoms with Crippen LogP contribution in [0.4, 0.5) is 0 Å². The summed E-state index contributed by atoms with van der Waals surface area (Å²) in [4.78, 5) is 2.73. The van der Waals surface area contributed by atoms with Gasteiger partial charge in [-0.1, -0.05) is 13.8 Å². The van der Waals surface area contributed by atoms with E-state index >= 15 is 0 Å². The van der Waals surface area contributed by atoms with E-state index in [1.165, 1.54) is 51.7 Å². The molecule has 2 unspecified atom stereocenters. The highest BCUT2D eigenvalue weighted by Crippen LogP contribution is 2.35. The smallest absolute Gasteiger partial charge is 0.0195 e. The van der Waals surface area contributed by atoms with Crippen molar-refractivity contribution in [2.24, 2.45) is 11.8 Å². The normalized spacial score (nSPS) is 28.6. The molecule has 1 saturated heterocycles. The molecule has 2 rings (SSSR count). The molecular formula is C15H30N2. The maximum Gasteiger partial charge on any atom is 0.0195 e. The zero-order valence-corrected chi connectivity index (χ0v) is 11.9. The molecule has 2 atom stereocenters. The second-order valence-corrected chi connectivity index (χ2v) is 6.55. The van der Waals surface area contributed by atoms with Crippen LogP contribution in [-0.4, -0.2) is 36.6 Å². The standard InChI is InChI=1S/C15H30N2/c1-12(2)8-9-16-15-5-4-10-17(11-15)13(3)14-6-7-14/h12-16H,4-11H2,1-3H3. The van der Waals surface area contributed by atoms with Crippen molar-refractivity contribution in [3.05, 3.63) is 0 Å². The van der Waals surface area contributed by atoms with Crippen molar-refractivity contribution in [3.8, 4) is 0 Å². The number of nitrogens with zero attached hydrogens (tertiary/aromatic N) is 1. The number of nitrogens with one attached hydrogen (secondary N) is 1. The molecule has 100 valence electrons. The van der Waals surface area contributed by atoms with Crippen LogP contribution in [0.25, 0.3) is 0 Å². The van der Waals surface area contributed by atoms with Crippen LogP contribution in [0.2, 0.25) is 0 Å². The third-order valence-corrected chi connectivity index (χ3v) is 4.49. The van der Waals surface area contributed by atoms with Crippen LogP contribution in [-0.2, 0) is 0 Å². The summed E-state index contributed by atoms with van der Waals surface area (Å²) in [6.45, 7) is 10.9. The third kappa shape index (κ3) is 4.26. The molecule has 2 nitrogen and oxygen atoms in total. The summed E-state index contributed by atoms with van der Waals surface area (Å²) < 4.78 is 0. The first-order chi connectivity index (χ1) is 8.16. The van der Waals surface area contributed by atoms with Gasteiger partial charge in [-0.15, -0.1) is 0 Å². The van der Waals surface area contributed by atoms with Gasteiger partial charge in [-0.2, -0.15) is 0 Å². The lowest BCUT2D eigenvalue weighted by atomic mass is 10.0. The largest absolute Gasteiger partial charge is 0.313 e. The summed E-state index contributed by atoms with van der Waals surface area (Å²) >= 11 is 0. The molecule has 1 aliphatic carbocycles. The molecule has 17 heavy (non-hydrogen) atoms. The number of hydrogen-bond donors (Lipinski definition) is 1. The lowest BCUT2D eigenvalue weighted by Crippen LogP contribution is -2.49. The van der Waals surface area contributed by atoms with E-state index in [1.807, 2.05) is 0 Å². The zero-order chi connectivity index (χ0) is 12.3. The van der Waals surface area contributed by atoms with Gasteiger partial charge in [-0.25, -0.2) is 0 Å². The second-order valence-electron chi connectivity index (χ2n) is 6.55. The van der Waals surface area contributed by atoms with E-state index in [0.29, 0.717) is 0 Å². The molecule has 0 aromatic carbocycles. The van der Waals surface area contributed by atoms with Crippen molar-refractivity contribution in [3.63, 3.8) is 0 Å². The number of hydrogen-bond acceptors (Lipinski definition) is 2. The molecular weight excluding hydrogens is 208 g/mol. The second kappa shape index (κ2) is 6.19. The topological polar surface area (TPSA) is 15.3 Å². The fraction of sp³-hybridized carbons (Fsp3) is 1.00. The molecule has 2 heteroatoms. The van der Waals surface area contributed by atoms with Crippen molar-refractivity contribution < 1.29 is 0 Å². The summed E-state index contributed by atoms with van der Waals surface area (Å²) in [6.07, 6.45) is 7.03. The molecule has 0 aromatic rings. The average molecular weight is 238 g/mol. The first kappa shape index (κ1) is 13.4. The minimum atomic E-state index is 0.753. The van der Waals surface area contributed by atoms with Gasteiger partial charge in [0.15, 0.2) is 0 Å². The van der Waals surface area contributed by atoms with Gasteiger partial charge in [0.05, 0.1) is 0 Å². The quantitative estimate of drug-likeness (QED) is 0.765. The molecule has 1 heterocycles. The lowest BCUT2D eigenvalue weighted by molar-refractivity contribution is 0.132. The molecule has 0 radical (unpaired) electrons. The van der Waals surface area contributed by atoms with E-state index in [9.17, 15) is 0 Å². The number of piperidine rings is 1. The molecule has 1 saturated carbocycles. The Labute approximate surface area is 107 Å². The molecule has 2 fully saturated rings. The van der Waals surface area contributed by atoms with Gasteiger partial charge in [0.1, 0.15) is 0 Å². The highest BCUT2D eigenvalue weighted by Gasteiger charge is 2.33. The van der Waals surface area contributed by atoms with Gasteiger partial charge in [0, 0.05) is 18.6 Å². The highest BCUT2D eigenvalue weighted by molar-refractivity contribution is 4.89. The Hall–Kier alpha value is -0.0800. The Morgan fingerprint density at radius 1 is 1.18 bits per heavy atom. The molecule has 0 aromatic heterocycles. The summed E-state index contributed by atoms with van der Waals surface area (Å²) in [7, 11) is 0. The van der Waals surface area contributed by atoms with Gasteiger partial charge >= 0.3 is 0 Å². The molecule has 0 amide bonds. The van der Waals surface area contributed by atoms with Gasteiger partial charge in [-0.3, -0.25) is 4.90 Å². The fourth-order valence-electron chi connectivity index (χ4n) is 3.00. The lowest BCUT2D eigenvalue weighted by Gasteiger charge is -2.37. The first-order valence-electron chi connectivity index (χ1n) is 7.64. The van der Waals surface area contributed by atoms with Crippen LogP contribution in [0, 0.1) is 11.8 Å². The van der Waals surface area contributed by atoms with Crippen LogP contribution in [0.1, 0.15) is 52.9 Å². The van der Waals surface area contributed by atoms with Crippen molar-refractivity contribution in [2.75, 3.05) is 19.6 Å². The predicted molar refractivity (Wildman–Crippen MR) is 74.2 cm³/mol. The molecule has 0 bridgehead atoms.